The molecule has 172 valence electrons. The summed E-state index contributed by atoms with van der Waals surface area (Å²) in [6.45, 7) is 12.5. The van der Waals surface area contributed by atoms with Gasteiger partial charge in [-0.25, -0.2) is 9.59 Å². The molecule has 2 amide bonds. The number of carbonyl (C=O) groups excluding carboxylic acids is 2. The van der Waals surface area contributed by atoms with Crippen molar-refractivity contribution in [1.82, 2.24) is 9.80 Å². The Morgan fingerprint density at radius 2 is 1.03 bits per heavy atom. The first-order valence-corrected chi connectivity index (χ1v) is 11.1. The summed E-state index contributed by atoms with van der Waals surface area (Å²) < 4.78 is 10.6. The van der Waals surface area contributed by atoms with Crippen molar-refractivity contribution in [2.45, 2.75) is 103 Å². The molecule has 8 nitrogen and oxygen atoms in total. The van der Waals surface area contributed by atoms with Crippen LogP contribution in [0.5, 0.6) is 0 Å². The summed E-state index contributed by atoms with van der Waals surface area (Å²) in [5, 5.41) is 19.1. The zero-order valence-electron chi connectivity index (χ0n) is 19.1. The first kappa shape index (κ1) is 23.1. The molecule has 0 aromatic rings. The van der Waals surface area contributed by atoms with Gasteiger partial charge in [-0.2, -0.15) is 0 Å². The summed E-state index contributed by atoms with van der Waals surface area (Å²) >= 11 is 0. The number of carbonyl (C=O) groups is 2. The van der Waals surface area contributed by atoms with Gasteiger partial charge in [-0.1, -0.05) is 0 Å². The standard InChI is InChI=1S/2C11H19NO3/c2*1-11(2,3)15-10(14)12-6-7-4-8(12)5-9(7)13/h2*7-9,13H,4-6H2,1-3H3/t2*7-,8-,9-/m10/s1. The van der Waals surface area contributed by atoms with Crippen molar-refractivity contribution in [2.24, 2.45) is 11.8 Å². The number of aliphatic hydroxyl groups excluding tert-OH is 2. The number of nitrogens with zero attached hydrogens (tertiary/aromatic N) is 2. The first-order chi connectivity index (χ1) is 13.7. The van der Waals surface area contributed by atoms with Crippen LogP contribution in [0.1, 0.15) is 67.2 Å². The Balaban J connectivity index is 0.000000171. The van der Waals surface area contributed by atoms with Crippen LogP contribution in [0.15, 0.2) is 0 Å². The number of amides is 2. The van der Waals surface area contributed by atoms with Crippen molar-refractivity contribution in [3.63, 3.8) is 0 Å². The van der Waals surface area contributed by atoms with Crippen LogP contribution in [0.25, 0.3) is 0 Å². The van der Waals surface area contributed by atoms with E-state index in [4.69, 9.17) is 9.47 Å². The molecule has 2 N–H and O–H groups in total. The lowest BCUT2D eigenvalue weighted by atomic mass is 10.1. The monoisotopic (exact) mass is 426 g/mol. The van der Waals surface area contributed by atoms with Crippen molar-refractivity contribution < 1.29 is 29.3 Å². The second kappa shape index (κ2) is 8.19. The predicted molar refractivity (Wildman–Crippen MR) is 111 cm³/mol. The number of likely N-dealkylation sites (tertiary alicyclic amines) is 2. The summed E-state index contributed by atoms with van der Waals surface area (Å²) in [5.41, 5.74) is -0.866. The Kier molecular flexibility index (Phi) is 6.31. The normalized spacial score (nSPS) is 34.7. The largest absolute Gasteiger partial charge is 0.444 e. The molecule has 2 aliphatic heterocycles. The number of fused-ring (bicyclic) bond motifs is 4. The number of hydrogen-bond acceptors (Lipinski definition) is 6. The van der Waals surface area contributed by atoms with Crippen LogP contribution in [0.4, 0.5) is 9.59 Å². The van der Waals surface area contributed by atoms with Crippen LogP contribution in [-0.2, 0) is 9.47 Å². The van der Waals surface area contributed by atoms with Gasteiger partial charge in [0.15, 0.2) is 0 Å². The Bertz CT molecular complexity index is 595. The van der Waals surface area contributed by atoms with Crippen LogP contribution in [-0.4, -0.2) is 80.8 Å². The van der Waals surface area contributed by atoms with Gasteiger partial charge >= 0.3 is 12.2 Å². The Morgan fingerprint density at radius 3 is 1.23 bits per heavy atom. The molecule has 0 spiro atoms. The summed E-state index contributed by atoms with van der Waals surface area (Å²) in [5.74, 6) is 0.532. The molecule has 0 radical (unpaired) electrons. The fraction of sp³-hybridized carbons (Fsp3) is 0.909. The zero-order valence-corrected chi connectivity index (χ0v) is 19.1. The van der Waals surface area contributed by atoms with Gasteiger partial charge in [-0.3, -0.25) is 0 Å². The van der Waals surface area contributed by atoms with E-state index in [0.29, 0.717) is 25.9 Å². The smallest absolute Gasteiger partial charge is 0.410 e. The number of aliphatic hydroxyl groups is 2. The maximum atomic E-state index is 11.8. The highest BCUT2D eigenvalue weighted by Gasteiger charge is 2.47. The number of hydrogen-bond donors (Lipinski definition) is 2. The van der Waals surface area contributed by atoms with Gasteiger partial charge in [0.1, 0.15) is 11.2 Å². The van der Waals surface area contributed by atoms with Crippen molar-refractivity contribution >= 4 is 12.2 Å². The highest BCUT2D eigenvalue weighted by atomic mass is 16.6. The van der Waals surface area contributed by atoms with Gasteiger partial charge in [0, 0.05) is 37.0 Å². The van der Waals surface area contributed by atoms with Crippen molar-refractivity contribution in [2.75, 3.05) is 13.1 Å². The molecule has 2 saturated heterocycles. The molecular formula is C22H38N2O6. The Morgan fingerprint density at radius 1 is 0.700 bits per heavy atom. The molecule has 2 aliphatic carbocycles. The summed E-state index contributed by atoms with van der Waals surface area (Å²) in [7, 11) is 0. The molecule has 0 aromatic carbocycles. The predicted octanol–water partition coefficient (Wildman–Crippen LogP) is 2.75. The second-order valence-electron chi connectivity index (χ2n) is 11.2. The molecule has 0 aromatic heterocycles. The van der Waals surface area contributed by atoms with E-state index in [-0.39, 0.29) is 48.3 Å². The van der Waals surface area contributed by atoms with Crippen molar-refractivity contribution in [3.05, 3.63) is 0 Å². The molecular weight excluding hydrogens is 388 g/mol. The summed E-state index contributed by atoms with van der Waals surface area (Å²) in [6.07, 6.45) is 2.39. The molecule has 0 unspecified atom stereocenters. The average Bonchev–Trinajstić information content (AvgIpc) is 3.30. The molecule has 6 atom stereocenters. The molecule has 8 heteroatoms. The van der Waals surface area contributed by atoms with E-state index >= 15 is 0 Å². The molecule has 2 saturated carbocycles. The van der Waals surface area contributed by atoms with E-state index in [2.05, 4.69) is 0 Å². The fourth-order valence-corrected chi connectivity index (χ4v) is 4.94. The minimum Gasteiger partial charge on any atom is -0.444 e. The van der Waals surface area contributed by atoms with Crippen LogP contribution in [0.3, 0.4) is 0 Å². The van der Waals surface area contributed by atoms with E-state index in [1.54, 1.807) is 9.80 Å². The lowest BCUT2D eigenvalue weighted by molar-refractivity contribution is 0.00661. The van der Waals surface area contributed by atoms with Gasteiger partial charge in [0.05, 0.1) is 12.2 Å². The number of rotatable bonds is 0. The molecule has 4 aliphatic rings. The third kappa shape index (κ3) is 5.38. The second-order valence-corrected chi connectivity index (χ2v) is 11.2. The van der Waals surface area contributed by atoms with Crippen molar-refractivity contribution in [3.8, 4) is 0 Å². The van der Waals surface area contributed by atoms with Gasteiger partial charge in [-0.05, 0) is 67.2 Å². The number of piperidine rings is 2. The Hall–Kier alpha value is -1.54. The minimum atomic E-state index is -0.433. The first-order valence-electron chi connectivity index (χ1n) is 11.1. The molecule has 4 bridgehead atoms. The fourth-order valence-electron chi connectivity index (χ4n) is 4.94. The molecule has 4 rings (SSSR count). The third-order valence-corrected chi connectivity index (χ3v) is 6.27. The van der Waals surface area contributed by atoms with Gasteiger partial charge in [0.2, 0.25) is 0 Å². The zero-order chi connectivity index (χ0) is 22.4. The van der Waals surface area contributed by atoms with Crippen molar-refractivity contribution in [1.29, 1.82) is 0 Å². The highest BCUT2D eigenvalue weighted by Crippen LogP contribution is 2.39. The highest BCUT2D eigenvalue weighted by molar-refractivity contribution is 5.69. The molecule has 2 heterocycles. The average molecular weight is 427 g/mol. The summed E-state index contributed by atoms with van der Waals surface area (Å²) in [6, 6.07) is 0.389. The minimum absolute atomic E-state index is 0.194. The van der Waals surface area contributed by atoms with Crippen LogP contribution < -0.4 is 0 Å². The molecule has 4 fully saturated rings. The lowest BCUT2D eigenvalue weighted by Crippen LogP contribution is -2.44. The van der Waals surface area contributed by atoms with Gasteiger partial charge in [-0.15, -0.1) is 0 Å². The van der Waals surface area contributed by atoms with Crippen LogP contribution in [0.2, 0.25) is 0 Å². The van der Waals surface area contributed by atoms with Gasteiger partial charge < -0.3 is 29.5 Å². The van der Waals surface area contributed by atoms with E-state index in [0.717, 1.165) is 12.8 Å². The Labute approximate surface area is 179 Å². The topological polar surface area (TPSA) is 99.5 Å². The van der Waals surface area contributed by atoms with E-state index < -0.39 is 11.2 Å². The van der Waals surface area contributed by atoms with Crippen LogP contribution in [0, 0.1) is 11.8 Å². The number of ether oxygens (including phenoxy) is 2. The summed E-state index contributed by atoms with van der Waals surface area (Å²) in [4.78, 5) is 27.1. The maximum Gasteiger partial charge on any atom is 0.410 e. The lowest BCUT2D eigenvalue weighted by Gasteiger charge is -2.31. The maximum absolute atomic E-state index is 11.8. The molecule has 30 heavy (non-hydrogen) atoms. The van der Waals surface area contributed by atoms with E-state index in [1.807, 2.05) is 41.5 Å². The van der Waals surface area contributed by atoms with Gasteiger partial charge in [0.25, 0.3) is 0 Å². The van der Waals surface area contributed by atoms with E-state index in [1.165, 1.54) is 0 Å². The SMILES string of the molecule is CC(C)(C)OC(=O)N1C[C@@H]2C[C@H]1C[C@@H]2O.CC(C)(C)OC(=O)N1C[C@H]2C[C@@H]1C[C@H]2O. The van der Waals surface area contributed by atoms with Crippen LogP contribution >= 0.6 is 0 Å². The van der Waals surface area contributed by atoms with E-state index in [9.17, 15) is 19.8 Å². The quantitative estimate of drug-likeness (QED) is 0.618. The third-order valence-electron chi connectivity index (χ3n) is 6.27.